The number of carbonyl (C=O) groups excluding carboxylic acids is 1. The van der Waals surface area contributed by atoms with Crippen LogP contribution in [0.3, 0.4) is 0 Å². The van der Waals surface area contributed by atoms with Gasteiger partial charge in [-0.1, -0.05) is 11.6 Å². The van der Waals surface area contributed by atoms with Gasteiger partial charge in [-0.25, -0.2) is 4.79 Å². The summed E-state index contributed by atoms with van der Waals surface area (Å²) in [7, 11) is -1.60. The molecule has 0 unspecified atom stereocenters. The van der Waals surface area contributed by atoms with Gasteiger partial charge in [0.05, 0.1) is 51.5 Å². The number of alkyl halides is 3. The van der Waals surface area contributed by atoms with Gasteiger partial charge in [-0.15, -0.1) is 5.10 Å². The van der Waals surface area contributed by atoms with Crippen molar-refractivity contribution in [3.05, 3.63) is 69.2 Å². The molecule has 3 rings (SSSR count). The molecule has 3 aromatic rings. The second kappa shape index (κ2) is 13.4. The number of hydrogen-bond donors (Lipinski definition) is 1. The monoisotopic (exact) mass is 608 g/mol. The first-order chi connectivity index (χ1) is 18.4. The fourth-order valence-corrected chi connectivity index (χ4v) is 3.53. The number of ether oxygens (including phenoxy) is 1. The number of nitrogens with zero attached hydrogens (tertiary/aromatic N) is 3. The highest BCUT2D eigenvalue weighted by Crippen LogP contribution is 2.30. The van der Waals surface area contributed by atoms with Crippen LogP contribution in [0.25, 0.3) is 11.5 Å². The highest BCUT2D eigenvalue weighted by molar-refractivity contribution is 7.85. The maximum absolute atomic E-state index is 12.8. The van der Waals surface area contributed by atoms with Crippen LogP contribution in [0.1, 0.15) is 31.4 Å². The Morgan fingerprint density at radius 2 is 1.73 bits per heavy atom. The Morgan fingerprint density at radius 3 is 2.25 bits per heavy atom. The van der Waals surface area contributed by atoms with Gasteiger partial charge in [-0.2, -0.15) is 26.3 Å². The summed E-state index contributed by atoms with van der Waals surface area (Å²) >= 11 is 6.10. The molecule has 0 atom stereocenters. The largest absolute Gasteiger partial charge is 0.437 e. The first-order valence-corrected chi connectivity index (χ1v) is 14.2. The predicted molar refractivity (Wildman–Crippen MR) is 142 cm³/mol. The van der Waals surface area contributed by atoms with E-state index in [-0.39, 0.29) is 30.2 Å². The Bertz CT molecular complexity index is 1460. The van der Waals surface area contributed by atoms with Crippen molar-refractivity contribution in [3.63, 3.8) is 0 Å². The van der Waals surface area contributed by atoms with E-state index in [0.29, 0.717) is 23.4 Å². The Kier molecular flexibility index (Phi) is 11.1. The fraction of sp³-hybridized carbons (Fsp3) is 0.400. The molecule has 0 spiro atoms. The Labute approximate surface area is 234 Å². The van der Waals surface area contributed by atoms with E-state index in [1.807, 2.05) is 0 Å². The summed E-state index contributed by atoms with van der Waals surface area (Å²) < 4.78 is 76.6. The van der Waals surface area contributed by atoms with Gasteiger partial charge < -0.3 is 13.6 Å². The molecule has 220 valence electrons. The third kappa shape index (κ3) is 10.4. The van der Waals surface area contributed by atoms with Gasteiger partial charge in [0.25, 0.3) is 10.1 Å². The number of carbonyl (C=O) groups is 1. The van der Waals surface area contributed by atoms with Crippen molar-refractivity contribution < 1.29 is 44.6 Å². The van der Waals surface area contributed by atoms with E-state index in [4.69, 9.17) is 25.3 Å². The number of aromatic nitrogens is 2. The average molecular weight is 609 g/mol. The molecule has 0 saturated carbocycles. The summed E-state index contributed by atoms with van der Waals surface area (Å²) in [6.45, 7) is 6.37. The first-order valence-electron chi connectivity index (χ1n) is 11.9. The summed E-state index contributed by atoms with van der Waals surface area (Å²) in [6.07, 6.45) is -3.56. The SMILES string of the molecule is CC[N+](C)(CC)CCC(=O)Oc1ccc(Cl)cc1Cn1nc(-c2ccc(C(F)(F)F)cc2)oc1=O.CS(=O)(=O)O. The minimum Gasteiger partial charge on any atom is -0.426 e. The van der Waals surface area contributed by atoms with Crippen molar-refractivity contribution in [1.82, 2.24) is 9.78 Å². The zero-order valence-corrected chi connectivity index (χ0v) is 23.8. The van der Waals surface area contributed by atoms with Crippen LogP contribution in [0.2, 0.25) is 5.02 Å². The van der Waals surface area contributed by atoms with Crippen LogP contribution in [0.5, 0.6) is 5.75 Å². The highest BCUT2D eigenvalue weighted by atomic mass is 35.5. The van der Waals surface area contributed by atoms with E-state index in [2.05, 4.69) is 26.0 Å². The number of hydrogen-bond acceptors (Lipinski definition) is 7. The van der Waals surface area contributed by atoms with Crippen LogP contribution in [0.15, 0.2) is 51.7 Å². The van der Waals surface area contributed by atoms with Gasteiger partial charge in [0.1, 0.15) is 5.75 Å². The zero-order valence-electron chi connectivity index (χ0n) is 22.2. The molecule has 2 aromatic carbocycles. The maximum Gasteiger partial charge on any atom is 0.437 e. The molecule has 0 bridgehead atoms. The van der Waals surface area contributed by atoms with Gasteiger partial charge in [0.2, 0.25) is 5.89 Å². The van der Waals surface area contributed by atoms with Crippen molar-refractivity contribution in [3.8, 4) is 17.2 Å². The summed E-state index contributed by atoms with van der Waals surface area (Å²) in [5.41, 5.74) is -0.200. The molecule has 10 nitrogen and oxygen atoms in total. The zero-order chi connectivity index (χ0) is 30.3. The standard InChI is InChI=1S/C24H26ClF3N3O4.CH4O3S/c1-4-31(3,5-2)13-12-21(32)34-20-11-10-19(25)14-17(20)15-30-23(33)35-22(29-30)16-6-8-18(9-7-16)24(26,27)28;1-5(2,3)4/h6-11,14H,4-5,12-13,15H2,1-3H3;1H3,(H,2,3,4)/q+1;. The lowest BCUT2D eigenvalue weighted by atomic mass is 10.1. The highest BCUT2D eigenvalue weighted by Gasteiger charge is 2.30. The Morgan fingerprint density at radius 1 is 1.15 bits per heavy atom. The molecule has 1 heterocycles. The molecule has 15 heteroatoms. The fourth-order valence-electron chi connectivity index (χ4n) is 3.33. The quantitative estimate of drug-likeness (QED) is 0.163. The third-order valence-electron chi connectivity index (χ3n) is 6.01. The van der Waals surface area contributed by atoms with Crippen LogP contribution in [-0.4, -0.2) is 66.1 Å². The number of rotatable bonds is 9. The molecule has 0 fully saturated rings. The molecular formula is C25H30ClF3N3O7S+. The normalized spacial score (nSPS) is 12.0. The van der Waals surface area contributed by atoms with E-state index < -0.39 is 33.6 Å². The van der Waals surface area contributed by atoms with E-state index in [9.17, 15) is 31.2 Å². The van der Waals surface area contributed by atoms with Crippen molar-refractivity contribution >= 4 is 27.7 Å². The molecular weight excluding hydrogens is 579 g/mol. The number of halogens is 4. The molecule has 1 N–H and O–H groups in total. The van der Waals surface area contributed by atoms with Crippen molar-refractivity contribution in [1.29, 1.82) is 0 Å². The van der Waals surface area contributed by atoms with Crippen LogP contribution in [0, 0.1) is 0 Å². The lowest BCUT2D eigenvalue weighted by Gasteiger charge is -2.31. The number of benzene rings is 2. The van der Waals surface area contributed by atoms with Crippen molar-refractivity contribution in [2.75, 3.05) is 32.9 Å². The van der Waals surface area contributed by atoms with Crippen LogP contribution < -0.4 is 10.5 Å². The molecule has 40 heavy (non-hydrogen) atoms. The molecule has 0 aliphatic rings. The summed E-state index contributed by atoms with van der Waals surface area (Å²) in [6, 6.07) is 8.73. The summed E-state index contributed by atoms with van der Waals surface area (Å²) in [5.74, 6) is -1.15. The lowest BCUT2D eigenvalue weighted by Crippen LogP contribution is -2.45. The minimum atomic E-state index is -4.48. The molecule has 0 amide bonds. The molecule has 0 radical (unpaired) electrons. The van der Waals surface area contributed by atoms with Crippen molar-refractivity contribution in [2.45, 2.75) is 33.0 Å². The van der Waals surface area contributed by atoms with E-state index in [1.165, 1.54) is 18.2 Å². The van der Waals surface area contributed by atoms with Crippen molar-refractivity contribution in [2.24, 2.45) is 0 Å². The van der Waals surface area contributed by atoms with E-state index in [1.54, 1.807) is 12.1 Å². The minimum absolute atomic E-state index is 0.121. The summed E-state index contributed by atoms with van der Waals surface area (Å²) in [5, 5.41) is 4.44. The maximum atomic E-state index is 12.8. The Hall–Kier alpha value is -3.20. The van der Waals surface area contributed by atoms with Crippen LogP contribution in [-0.2, 0) is 27.6 Å². The average Bonchev–Trinajstić information content (AvgIpc) is 3.22. The van der Waals surface area contributed by atoms with Gasteiger partial charge in [-0.3, -0.25) is 9.35 Å². The second-order valence-electron chi connectivity index (χ2n) is 9.09. The number of quaternary nitrogens is 1. The molecule has 1 aromatic heterocycles. The van der Waals surface area contributed by atoms with Gasteiger partial charge in [0.15, 0.2) is 0 Å². The topological polar surface area (TPSA) is 129 Å². The molecule has 0 aliphatic heterocycles. The van der Waals surface area contributed by atoms with E-state index in [0.717, 1.165) is 34.4 Å². The number of esters is 1. The van der Waals surface area contributed by atoms with Crippen LogP contribution in [0.4, 0.5) is 13.2 Å². The predicted octanol–water partition coefficient (Wildman–Crippen LogP) is 4.51. The molecule has 0 saturated heterocycles. The smallest absolute Gasteiger partial charge is 0.426 e. The molecule has 0 aliphatic carbocycles. The summed E-state index contributed by atoms with van der Waals surface area (Å²) in [4.78, 5) is 24.8. The van der Waals surface area contributed by atoms with E-state index >= 15 is 0 Å². The van der Waals surface area contributed by atoms with Gasteiger partial charge >= 0.3 is 17.9 Å². The van der Waals surface area contributed by atoms with Gasteiger partial charge in [0, 0.05) is 16.1 Å². The van der Waals surface area contributed by atoms with Gasteiger partial charge in [-0.05, 0) is 56.3 Å². The second-order valence-corrected chi connectivity index (χ2v) is 11.0. The Balaban J connectivity index is 0.00000103. The first kappa shape index (κ1) is 33.0. The third-order valence-corrected chi connectivity index (χ3v) is 6.25. The lowest BCUT2D eigenvalue weighted by molar-refractivity contribution is -0.905. The van der Waals surface area contributed by atoms with Crippen LogP contribution >= 0.6 is 11.6 Å².